The van der Waals surface area contributed by atoms with Crippen LogP contribution < -0.4 is 16.6 Å². The highest BCUT2D eigenvalue weighted by atomic mass is 79.9. The van der Waals surface area contributed by atoms with Gasteiger partial charge >= 0.3 is 0 Å². The van der Waals surface area contributed by atoms with Crippen LogP contribution >= 0.6 is 15.9 Å². The Balaban J connectivity index is 2.69. The van der Waals surface area contributed by atoms with Crippen molar-refractivity contribution in [1.29, 1.82) is 0 Å². The van der Waals surface area contributed by atoms with Gasteiger partial charge in [0.2, 0.25) is 0 Å². The second kappa shape index (κ2) is 6.13. The van der Waals surface area contributed by atoms with Gasteiger partial charge in [0, 0.05) is 13.2 Å². The Kier molecular flexibility index (Phi) is 5.10. The van der Waals surface area contributed by atoms with Crippen LogP contribution in [-0.2, 0) is 4.74 Å². The largest absolute Gasteiger partial charge is 0.374 e. The third-order valence-corrected chi connectivity index (χ3v) is 2.89. The first kappa shape index (κ1) is 14.1. The number of aromatic nitrogens is 2. The minimum absolute atomic E-state index is 0.255. The molecule has 6 nitrogen and oxygen atoms in total. The monoisotopic (exact) mass is 303 g/mol. The number of rotatable bonds is 6. The molecule has 0 spiro atoms. The number of hydrogen-bond acceptors (Lipinski definition) is 6. The summed E-state index contributed by atoms with van der Waals surface area (Å²) >= 11 is 3.38. The van der Waals surface area contributed by atoms with Crippen LogP contribution in [0.4, 0.5) is 11.6 Å². The summed E-state index contributed by atoms with van der Waals surface area (Å²) in [4.78, 5) is 8.10. The van der Waals surface area contributed by atoms with Gasteiger partial charge in [-0.2, -0.15) is 0 Å². The van der Waals surface area contributed by atoms with Gasteiger partial charge in [-0.3, -0.25) is 0 Å². The summed E-state index contributed by atoms with van der Waals surface area (Å²) in [5.41, 5.74) is 2.23. The Hall–Kier alpha value is -0.920. The molecule has 0 saturated heterocycles. The molecule has 1 aromatic heterocycles. The summed E-state index contributed by atoms with van der Waals surface area (Å²) in [6.45, 7) is 7.32. The molecule has 0 amide bonds. The number of hydrazine groups is 1. The van der Waals surface area contributed by atoms with E-state index >= 15 is 0 Å². The lowest BCUT2D eigenvalue weighted by atomic mass is 10.1. The molecule has 96 valence electrons. The summed E-state index contributed by atoms with van der Waals surface area (Å²) in [5, 5.41) is 3.19. The summed E-state index contributed by atoms with van der Waals surface area (Å²) in [6, 6.07) is 0. The maximum atomic E-state index is 5.59. The molecule has 0 radical (unpaired) electrons. The lowest BCUT2D eigenvalue weighted by Gasteiger charge is -2.25. The highest BCUT2D eigenvalue weighted by molar-refractivity contribution is 9.10. The van der Waals surface area contributed by atoms with Crippen molar-refractivity contribution in [2.75, 3.05) is 23.9 Å². The highest BCUT2D eigenvalue weighted by Crippen LogP contribution is 2.26. The van der Waals surface area contributed by atoms with E-state index in [9.17, 15) is 0 Å². The van der Waals surface area contributed by atoms with Crippen LogP contribution in [-0.4, -0.2) is 28.7 Å². The van der Waals surface area contributed by atoms with Gasteiger partial charge in [-0.15, -0.1) is 0 Å². The van der Waals surface area contributed by atoms with E-state index in [1.54, 1.807) is 0 Å². The molecule has 1 heterocycles. The molecule has 0 atom stereocenters. The Morgan fingerprint density at radius 2 is 2.06 bits per heavy atom. The van der Waals surface area contributed by atoms with E-state index in [0.29, 0.717) is 29.3 Å². The van der Waals surface area contributed by atoms with Crippen molar-refractivity contribution in [3.63, 3.8) is 0 Å². The Bertz CT molecular complexity index is 372. The van der Waals surface area contributed by atoms with E-state index in [1.807, 2.05) is 20.8 Å². The molecule has 4 N–H and O–H groups in total. The molecule has 0 unspecified atom stereocenters. The fraction of sp³-hybridized carbons (Fsp3) is 0.600. The molecule has 0 aromatic carbocycles. The summed E-state index contributed by atoms with van der Waals surface area (Å²) in [6.07, 6.45) is 1.44. The fourth-order valence-corrected chi connectivity index (χ4v) is 1.79. The first-order valence-corrected chi connectivity index (χ1v) is 6.14. The standard InChI is InChI=1S/C10H18BrN5O/c1-4-17-10(2,3)5-13-8-7(11)9(16-12)15-6-14-8/h6H,4-5,12H2,1-3H3,(H2,13,14,15,16). The second-order valence-corrected chi connectivity index (χ2v) is 4.87. The summed E-state index contributed by atoms with van der Waals surface area (Å²) < 4.78 is 6.29. The van der Waals surface area contributed by atoms with Crippen LogP contribution in [0.25, 0.3) is 0 Å². The topological polar surface area (TPSA) is 85.1 Å². The van der Waals surface area contributed by atoms with Crippen molar-refractivity contribution in [3.8, 4) is 0 Å². The van der Waals surface area contributed by atoms with Crippen molar-refractivity contribution in [2.45, 2.75) is 26.4 Å². The summed E-state index contributed by atoms with van der Waals surface area (Å²) in [5.74, 6) is 6.55. The van der Waals surface area contributed by atoms with E-state index < -0.39 is 0 Å². The van der Waals surface area contributed by atoms with Gasteiger partial charge in [0.05, 0.1) is 5.60 Å². The van der Waals surface area contributed by atoms with E-state index in [-0.39, 0.29) is 5.60 Å². The average Bonchev–Trinajstić information content (AvgIpc) is 2.28. The zero-order chi connectivity index (χ0) is 12.9. The minimum Gasteiger partial charge on any atom is -0.374 e. The van der Waals surface area contributed by atoms with Crippen molar-refractivity contribution >= 4 is 27.6 Å². The van der Waals surface area contributed by atoms with Gasteiger partial charge in [-0.1, -0.05) is 0 Å². The number of ether oxygens (including phenoxy) is 1. The molecule has 0 aliphatic carbocycles. The Morgan fingerprint density at radius 1 is 1.41 bits per heavy atom. The Morgan fingerprint density at radius 3 is 2.65 bits per heavy atom. The maximum absolute atomic E-state index is 5.59. The normalized spacial score (nSPS) is 11.4. The quantitative estimate of drug-likeness (QED) is 0.548. The fourth-order valence-electron chi connectivity index (χ4n) is 1.33. The van der Waals surface area contributed by atoms with Gasteiger partial charge in [-0.05, 0) is 36.7 Å². The van der Waals surface area contributed by atoms with Gasteiger partial charge < -0.3 is 15.5 Å². The van der Waals surface area contributed by atoms with Crippen LogP contribution in [0, 0.1) is 0 Å². The van der Waals surface area contributed by atoms with Crippen molar-refractivity contribution in [3.05, 3.63) is 10.8 Å². The van der Waals surface area contributed by atoms with Gasteiger partial charge in [0.15, 0.2) is 5.82 Å². The predicted molar refractivity (Wildman–Crippen MR) is 71.7 cm³/mol. The number of nitrogen functional groups attached to an aromatic ring is 1. The molecule has 0 aliphatic rings. The SMILES string of the molecule is CCOC(C)(C)CNc1ncnc(NN)c1Br. The molecule has 0 fully saturated rings. The average molecular weight is 304 g/mol. The summed E-state index contributed by atoms with van der Waals surface area (Å²) in [7, 11) is 0. The van der Waals surface area contributed by atoms with Crippen LogP contribution in [0.3, 0.4) is 0 Å². The zero-order valence-electron chi connectivity index (χ0n) is 10.2. The lowest BCUT2D eigenvalue weighted by Crippen LogP contribution is -2.33. The first-order valence-electron chi connectivity index (χ1n) is 5.35. The molecule has 17 heavy (non-hydrogen) atoms. The number of nitrogens with zero attached hydrogens (tertiary/aromatic N) is 2. The van der Waals surface area contributed by atoms with E-state index in [2.05, 4.69) is 36.6 Å². The second-order valence-electron chi connectivity index (χ2n) is 4.08. The molecule has 1 aromatic rings. The molecule has 0 aliphatic heterocycles. The third kappa shape index (κ3) is 4.10. The lowest BCUT2D eigenvalue weighted by molar-refractivity contribution is 0.000632. The van der Waals surface area contributed by atoms with E-state index in [0.717, 1.165) is 0 Å². The van der Waals surface area contributed by atoms with Crippen LogP contribution in [0.2, 0.25) is 0 Å². The number of hydrogen-bond donors (Lipinski definition) is 3. The third-order valence-electron chi connectivity index (χ3n) is 2.14. The van der Waals surface area contributed by atoms with Crippen molar-refractivity contribution < 1.29 is 4.74 Å². The first-order chi connectivity index (χ1) is 8.00. The molecule has 0 bridgehead atoms. The molecular weight excluding hydrogens is 286 g/mol. The smallest absolute Gasteiger partial charge is 0.159 e. The predicted octanol–water partition coefficient (Wildman–Crippen LogP) is 1.75. The molecule has 1 rings (SSSR count). The van der Waals surface area contributed by atoms with Crippen molar-refractivity contribution in [2.24, 2.45) is 5.84 Å². The van der Waals surface area contributed by atoms with Crippen LogP contribution in [0.15, 0.2) is 10.8 Å². The van der Waals surface area contributed by atoms with E-state index in [4.69, 9.17) is 10.6 Å². The Labute approximate surface area is 109 Å². The van der Waals surface area contributed by atoms with Gasteiger partial charge in [-0.25, -0.2) is 15.8 Å². The van der Waals surface area contributed by atoms with E-state index in [1.165, 1.54) is 6.33 Å². The number of halogens is 1. The highest BCUT2D eigenvalue weighted by Gasteiger charge is 2.18. The zero-order valence-corrected chi connectivity index (χ0v) is 11.8. The number of nitrogens with one attached hydrogen (secondary N) is 2. The number of anilines is 2. The van der Waals surface area contributed by atoms with Gasteiger partial charge in [0.1, 0.15) is 16.6 Å². The number of nitrogens with two attached hydrogens (primary N) is 1. The van der Waals surface area contributed by atoms with Crippen LogP contribution in [0.1, 0.15) is 20.8 Å². The molecule has 7 heteroatoms. The molecular formula is C10H18BrN5O. The molecule has 0 saturated carbocycles. The van der Waals surface area contributed by atoms with Crippen molar-refractivity contribution in [1.82, 2.24) is 9.97 Å². The maximum Gasteiger partial charge on any atom is 0.159 e. The van der Waals surface area contributed by atoms with Gasteiger partial charge in [0.25, 0.3) is 0 Å². The minimum atomic E-state index is -0.255. The van der Waals surface area contributed by atoms with Crippen LogP contribution in [0.5, 0.6) is 0 Å².